The molecule has 0 aliphatic heterocycles. The van der Waals surface area contributed by atoms with E-state index in [1.165, 1.54) is 12.1 Å². The Bertz CT molecular complexity index is 1590. The summed E-state index contributed by atoms with van der Waals surface area (Å²) in [4.78, 5) is 30.3. The predicted molar refractivity (Wildman–Crippen MR) is 151 cm³/mol. The highest BCUT2D eigenvalue weighted by atomic mass is 19.1. The van der Waals surface area contributed by atoms with E-state index < -0.39 is 17.6 Å². The van der Waals surface area contributed by atoms with E-state index in [1.807, 2.05) is 37.3 Å². The fourth-order valence-electron chi connectivity index (χ4n) is 5.42. The summed E-state index contributed by atoms with van der Waals surface area (Å²) >= 11 is 0. The summed E-state index contributed by atoms with van der Waals surface area (Å²) in [7, 11) is 0. The first-order valence-electron chi connectivity index (χ1n) is 13.4. The maximum Gasteiger partial charge on any atom is 0.162 e. The number of phenolic OH excluding ortho intramolecular Hbond substituents is 1. The van der Waals surface area contributed by atoms with Crippen LogP contribution < -0.4 is 0 Å². The van der Waals surface area contributed by atoms with Crippen molar-refractivity contribution in [3.63, 3.8) is 0 Å². The molecule has 4 nitrogen and oxygen atoms in total. The molecule has 0 saturated carbocycles. The number of pyridine rings is 1. The molecule has 1 N–H and O–H groups in total. The number of Topliss-reactive ketones (excluding diaryl/α,β-unsaturated/α-hetero) is 2. The van der Waals surface area contributed by atoms with Crippen LogP contribution in [0.1, 0.15) is 64.8 Å². The highest BCUT2D eigenvalue weighted by Gasteiger charge is 2.24. The zero-order chi connectivity index (χ0) is 28.2. The van der Waals surface area contributed by atoms with Crippen molar-refractivity contribution in [2.75, 3.05) is 0 Å². The van der Waals surface area contributed by atoms with Gasteiger partial charge in [0.15, 0.2) is 5.78 Å². The number of halogens is 2. The number of aromatic hydroxyl groups is 1. The van der Waals surface area contributed by atoms with Crippen LogP contribution in [-0.4, -0.2) is 21.7 Å². The Kier molecular flexibility index (Phi) is 7.96. The molecular weight excluding hydrogens is 508 g/mol. The number of fused-ring (bicyclic) bond motifs is 1. The highest BCUT2D eigenvalue weighted by molar-refractivity contribution is 5.96. The summed E-state index contributed by atoms with van der Waals surface area (Å²) in [5.41, 5.74) is 6.13. The van der Waals surface area contributed by atoms with Gasteiger partial charge in [0.05, 0.1) is 5.69 Å². The SMILES string of the molecule is CCC(=O)c1ccc(-c2cccnc2[C@@H](CC(=O)CC2=CCc3ccc(O)cc32)Cc2cc(F)cc(F)c2)cc1. The molecule has 1 atom stereocenters. The molecule has 4 aromatic rings. The number of nitrogens with zero attached hydrogens (tertiary/aromatic N) is 1. The van der Waals surface area contributed by atoms with Gasteiger partial charge in [0.25, 0.3) is 0 Å². The highest BCUT2D eigenvalue weighted by Crippen LogP contribution is 2.36. The third-order valence-corrected chi connectivity index (χ3v) is 7.34. The number of carbonyl (C=O) groups is 2. The van der Waals surface area contributed by atoms with Gasteiger partial charge >= 0.3 is 0 Å². The number of carbonyl (C=O) groups excluding carboxylic acids is 2. The van der Waals surface area contributed by atoms with E-state index in [1.54, 1.807) is 36.5 Å². The predicted octanol–water partition coefficient (Wildman–Crippen LogP) is 7.64. The Labute approximate surface area is 232 Å². The number of allylic oxidation sites excluding steroid dienone is 2. The minimum absolute atomic E-state index is 0.0372. The molecule has 6 heteroatoms. The number of hydrogen-bond acceptors (Lipinski definition) is 4. The zero-order valence-electron chi connectivity index (χ0n) is 22.2. The molecule has 1 aliphatic carbocycles. The van der Waals surface area contributed by atoms with Gasteiger partial charge in [0, 0.05) is 48.6 Å². The average molecular weight is 538 g/mol. The first kappa shape index (κ1) is 27.1. The molecule has 5 rings (SSSR count). The van der Waals surface area contributed by atoms with Crippen molar-refractivity contribution in [2.45, 2.75) is 44.9 Å². The van der Waals surface area contributed by atoms with Gasteiger partial charge < -0.3 is 5.11 Å². The molecule has 40 heavy (non-hydrogen) atoms. The van der Waals surface area contributed by atoms with Crippen LogP contribution in [0.5, 0.6) is 5.75 Å². The van der Waals surface area contributed by atoms with E-state index in [0.717, 1.165) is 33.9 Å². The first-order chi connectivity index (χ1) is 19.3. The molecule has 0 saturated heterocycles. The van der Waals surface area contributed by atoms with E-state index in [-0.39, 0.29) is 36.6 Å². The van der Waals surface area contributed by atoms with E-state index in [2.05, 4.69) is 4.98 Å². The minimum atomic E-state index is -0.676. The van der Waals surface area contributed by atoms with Crippen molar-refractivity contribution >= 4 is 17.1 Å². The molecule has 0 unspecified atom stereocenters. The summed E-state index contributed by atoms with van der Waals surface area (Å²) in [6, 6.07) is 19.6. The van der Waals surface area contributed by atoms with Crippen LogP contribution in [0.3, 0.4) is 0 Å². The van der Waals surface area contributed by atoms with Crippen LogP contribution in [0.2, 0.25) is 0 Å². The van der Waals surface area contributed by atoms with Gasteiger partial charge in [-0.1, -0.05) is 49.4 Å². The van der Waals surface area contributed by atoms with Crippen LogP contribution in [-0.2, 0) is 17.6 Å². The van der Waals surface area contributed by atoms with Crippen molar-refractivity contribution < 1.29 is 23.5 Å². The Balaban J connectivity index is 1.47. The molecule has 1 aromatic heterocycles. The van der Waals surface area contributed by atoms with Gasteiger partial charge in [-0.3, -0.25) is 14.6 Å². The second-order valence-electron chi connectivity index (χ2n) is 10.2. The summed E-state index contributed by atoms with van der Waals surface area (Å²) < 4.78 is 28.2. The van der Waals surface area contributed by atoms with Crippen molar-refractivity contribution in [3.8, 4) is 16.9 Å². The molecule has 0 spiro atoms. The Morgan fingerprint density at radius 2 is 1.70 bits per heavy atom. The number of phenols is 1. The van der Waals surface area contributed by atoms with Crippen molar-refractivity contribution in [1.82, 2.24) is 4.98 Å². The topological polar surface area (TPSA) is 67.3 Å². The lowest BCUT2D eigenvalue weighted by Crippen LogP contribution is -2.13. The minimum Gasteiger partial charge on any atom is -0.508 e. The van der Waals surface area contributed by atoms with Gasteiger partial charge in [0.2, 0.25) is 0 Å². The lowest BCUT2D eigenvalue weighted by atomic mass is 9.85. The molecule has 0 bridgehead atoms. The van der Waals surface area contributed by atoms with Crippen molar-refractivity contribution in [2.24, 2.45) is 0 Å². The number of aromatic nitrogens is 1. The van der Waals surface area contributed by atoms with E-state index in [9.17, 15) is 23.5 Å². The molecule has 0 amide bonds. The van der Waals surface area contributed by atoms with Gasteiger partial charge in [-0.2, -0.15) is 0 Å². The van der Waals surface area contributed by atoms with Gasteiger partial charge in [-0.05, 0) is 71.0 Å². The molecule has 0 fully saturated rings. The molecule has 1 aliphatic rings. The molecule has 3 aromatic carbocycles. The third-order valence-electron chi connectivity index (χ3n) is 7.34. The second kappa shape index (κ2) is 11.7. The quantitative estimate of drug-likeness (QED) is 0.211. The van der Waals surface area contributed by atoms with Crippen LogP contribution in [0.25, 0.3) is 16.7 Å². The van der Waals surface area contributed by atoms with Crippen molar-refractivity contribution in [1.29, 1.82) is 0 Å². The van der Waals surface area contributed by atoms with Gasteiger partial charge in [-0.25, -0.2) is 8.78 Å². The molecular formula is C34H29F2NO3. The largest absolute Gasteiger partial charge is 0.508 e. The number of hydrogen-bond donors (Lipinski definition) is 1. The fourth-order valence-corrected chi connectivity index (χ4v) is 5.42. The Hall–Kier alpha value is -4.45. The molecule has 1 heterocycles. The maximum atomic E-state index is 14.1. The second-order valence-corrected chi connectivity index (χ2v) is 10.2. The van der Waals surface area contributed by atoms with E-state index >= 15 is 0 Å². The lowest BCUT2D eigenvalue weighted by Gasteiger charge is -2.20. The monoisotopic (exact) mass is 537 g/mol. The lowest BCUT2D eigenvalue weighted by molar-refractivity contribution is -0.118. The fraction of sp³-hybridized carbons (Fsp3) is 0.206. The van der Waals surface area contributed by atoms with Crippen LogP contribution >= 0.6 is 0 Å². The Morgan fingerprint density at radius 1 is 0.950 bits per heavy atom. The van der Waals surface area contributed by atoms with E-state index in [4.69, 9.17) is 0 Å². The molecule has 0 radical (unpaired) electrons. The number of benzene rings is 3. The number of ketones is 2. The standard InChI is InChI=1S/C34H29F2NO3/c1-2-33(40)24-8-5-22(6-9-24)31-4-3-13-37-34(31)26(14-21-15-27(35)19-28(36)16-21)18-30(39)17-25-10-7-23-11-12-29(38)20-32(23)25/h3-6,8-13,15-16,19-20,26,38H,2,7,14,17-18H2,1H3/t26-/m1/s1. The Morgan fingerprint density at radius 3 is 2.42 bits per heavy atom. The third kappa shape index (κ3) is 6.07. The summed E-state index contributed by atoms with van der Waals surface area (Å²) in [6.45, 7) is 1.81. The van der Waals surface area contributed by atoms with Gasteiger partial charge in [0.1, 0.15) is 23.2 Å². The number of rotatable bonds is 10. The van der Waals surface area contributed by atoms with E-state index in [0.29, 0.717) is 29.7 Å². The molecule has 202 valence electrons. The van der Waals surface area contributed by atoms with Crippen LogP contribution in [0.15, 0.2) is 85.1 Å². The summed E-state index contributed by atoms with van der Waals surface area (Å²) in [5.74, 6) is -1.65. The van der Waals surface area contributed by atoms with Crippen LogP contribution in [0.4, 0.5) is 8.78 Å². The maximum absolute atomic E-state index is 14.1. The summed E-state index contributed by atoms with van der Waals surface area (Å²) in [5, 5.41) is 9.95. The van der Waals surface area contributed by atoms with Crippen LogP contribution in [0, 0.1) is 11.6 Å². The average Bonchev–Trinajstić information content (AvgIpc) is 3.33. The summed E-state index contributed by atoms with van der Waals surface area (Å²) in [6.07, 6.45) is 5.27. The first-order valence-corrected chi connectivity index (χ1v) is 13.4. The normalized spacial score (nSPS) is 13.0. The zero-order valence-corrected chi connectivity index (χ0v) is 22.2. The smallest absolute Gasteiger partial charge is 0.162 e. The van der Waals surface area contributed by atoms with Gasteiger partial charge in [-0.15, -0.1) is 0 Å². The van der Waals surface area contributed by atoms with Crippen molar-refractivity contribution in [3.05, 3.63) is 125 Å².